The van der Waals surface area contributed by atoms with Gasteiger partial charge in [0.25, 0.3) is 5.91 Å². The molecule has 1 N–H and O–H groups in total. The maximum absolute atomic E-state index is 13.0. The van der Waals surface area contributed by atoms with Crippen LogP contribution in [0.5, 0.6) is 0 Å². The Morgan fingerprint density at radius 1 is 0.828 bits per heavy atom. The molecule has 29 heavy (non-hydrogen) atoms. The van der Waals surface area contributed by atoms with Crippen molar-refractivity contribution in [1.82, 2.24) is 4.98 Å². The minimum atomic E-state index is -0.119. The first-order chi connectivity index (χ1) is 14.2. The summed E-state index contributed by atoms with van der Waals surface area (Å²) in [5.41, 5.74) is 3.65. The molecular formula is C26H26N2O. The van der Waals surface area contributed by atoms with E-state index in [2.05, 4.69) is 23.5 Å². The molecule has 1 aromatic heterocycles. The Morgan fingerprint density at radius 2 is 1.48 bits per heavy atom. The van der Waals surface area contributed by atoms with Crippen LogP contribution in [-0.2, 0) is 0 Å². The van der Waals surface area contributed by atoms with E-state index >= 15 is 0 Å². The number of nitrogens with one attached hydrogen (secondary N) is 1. The summed E-state index contributed by atoms with van der Waals surface area (Å²) in [6, 6.07) is 20.1. The molecule has 4 fully saturated rings. The van der Waals surface area contributed by atoms with Gasteiger partial charge in [-0.15, -0.1) is 0 Å². The molecule has 3 nitrogen and oxygen atoms in total. The van der Waals surface area contributed by atoms with Crippen LogP contribution in [0.1, 0.15) is 54.1 Å². The average Bonchev–Trinajstić information content (AvgIpc) is 2.73. The standard InChI is InChI=1S/C26H26N2O/c29-26(27-20-6-2-1-3-7-20)24-15-22(21-8-4-5-9-23(21)28-24)25-18-11-16-10-17(13-18)14-19(25)12-16/h1-9,15-19,25H,10-14H2,(H,27,29). The molecule has 4 aliphatic rings. The lowest BCUT2D eigenvalue weighted by Crippen LogP contribution is -2.43. The number of hydrogen-bond acceptors (Lipinski definition) is 2. The largest absolute Gasteiger partial charge is 0.321 e. The number of hydrogen-bond donors (Lipinski definition) is 1. The van der Waals surface area contributed by atoms with Crippen LogP contribution in [-0.4, -0.2) is 10.9 Å². The van der Waals surface area contributed by atoms with E-state index in [9.17, 15) is 4.79 Å². The molecule has 0 saturated heterocycles. The number of carbonyl (C=O) groups excluding carboxylic acids is 1. The monoisotopic (exact) mass is 382 g/mol. The molecule has 1 heterocycles. The Labute approximate surface area is 171 Å². The normalized spacial score (nSPS) is 29.9. The SMILES string of the molecule is O=C(Nc1ccccc1)c1cc(C2C3CC4CC(C3)CC2C4)c2ccccc2n1. The molecular weight excluding hydrogens is 356 g/mol. The van der Waals surface area contributed by atoms with E-state index < -0.39 is 0 Å². The zero-order valence-corrected chi connectivity index (χ0v) is 16.6. The summed E-state index contributed by atoms with van der Waals surface area (Å²) in [4.78, 5) is 17.8. The van der Waals surface area contributed by atoms with Crippen molar-refractivity contribution in [1.29, 1.82) is 0 Å². The van der Waals surface area contributed by atoms with E-state index in [1.54, 1.807) is 0 Å². The number of rotatable bonds is 3. The lowest BCUT2D eigenvalue weighted by molar-refractivity contribution is -0.00234. The maximum Gasteiger partial charge on any atom is 0.274 e. The van der Waals surface area contributed by atoms with Crippen LogP contribution in [0.3, 0.4) is 0 Å². The summed E-state index contributed by atoms with van der Waals surface area (Å²) in [7, 11) is 0. The summed E-state index contributed by atoms with van der Waals surface area (Å²) in [5, 5.41) is 4.25. The molecule has 0 unspecified atom stereocenters. The fraction of sp³-hybridized carbons (Fsp3) is 0.385. The van der Waals surface area contributed by atoms with Crippen molar-refractivity contribution in [3.8, 4) is 0 Å². The van der Waals surface area contributed by atoms with Gasteiger partial charge < -0.3 is 5.32 Å². The third kappa shape index (κ3) is 2.95. The number of carbonyl (C=O) groups is 1. The van der Waals surface area contributed by atoms with E-state index in [0.717, 1.165) is 34.9 Å². The van der Waals surface area contributed by atoms with Gasteiger partial charge in [0.1, 0.15) is 5.69 Å². The average molecular weight is 383 g/mol. The molecule has 3 aromatic rings. The number of amides is 1. The van der Waals surface area contributed by atoms with Gasteiger partial charge >= 0.3 is 0 Å². The predicted octanol–water partition coefficient (Wildman–Crippen LogP) is 6.03. The summed E-state index contributed by atoms with van der Waals surface area (Å²) in [6.45, 7) is 0. The molecule has 3 heteroatoms. The van der Waals surface area contributed by atoms with Gasteiger partial charge in [0.05, 0.1) is 5.52 Å². The van der Waals surface area contributed by atoms with Gasteiger partial charge in [0.2, 0.25) is 0 Å². The first kappa shape index (κ1) is 17.2. The molecule has 4 saturated carbocycles. The Kier molecular flexibility index (Phi) is 3.97. The summed E-state index contributed by atoms with van der Waals surface area (Å²) >= 11 is 0. The number of benzene rings is 2. The van der Waals surface area contributed by atoms with E-state index in [4.69, 9.17) is 4.98 Å². The Balaban J connectivity index is 1.42. The van der Waals surface area contributed by atoms with Crippen LogP contribution in [0.25, 0.3) is 10.9 Å². The Bertz CT molecular complexity index is 1050. The van der Waals surface area contributed by atoms with E-state index in [1.165, 1.54) is 43.1 Å². The maximum atomic E-state index is 13.0. The van der Waals surface area contributed by atoms with Crippen LogP contribution in [0.2, 0.25) is 0 Å². The topological polar surface area (TPSA) is 42.0 Å². The van der Waals surface area contributed by atoms with Crippen LogP contribution >= 0.6 is 0 Å². The van der Waals surface area contributed by atoms with Crippen molar-refractivity contribution in [2.24, 2.45) is 23.7 Å². The molecule has 4 bridgehead atoms. The van der Waals surface area contributed by atoms with Gasteiger partial charge in [-0.25, -0.2) is 4.98 Å². The molecule has 1 amide bonds. The number of anilines is 1. The van der Waals surface area contributed by atoms with Crippen molar-refractivity contribution in [2.75, 3.05) is 5.32 Å². The van der Waals surface area contributed by atoms with Gasteiger partial charge in [-0.2, -0.15) is 0 Å². The quantitative estimate of drug-likeness (QED) is 0.601. The van der Waals surface area contributed by atoms with E-state index in [0.29, 0.717) is 11.6 Å². The van der Waals surface area contributed by atoms with Crippen molar-refractivity contribution in [3.05, 3.63) is 71.9 Å². The lowest BCUT2D eigenvalue weighted by Gasteiger charge is -2.54. The van der Waals surface area contributed by atoms with Crippen molar-refractivity contribution in [2.45, 2.75) is 38.0 Å². The number of para-hydroxylation sites is 2. The summed E-state index contributed by atoms with van der Waals surface area (Å²) < 4.78 is 0. The second-order valence-electron chi connectivity index (χ2n) is 9.39. The highest BCUT2D eigenvalue weighted by molar-refractivity contribution is 6.04. The Morgan fingerprint density at radius 3 is 2.21 bits per heavy atom. The first-order valence-electron chi connectivity index (χ1n) is 11.0. The minimum absolute atomic E-state index is 0.119. The second kappa shape index (κ2) is 6.69. The Hall–Kier alpha value is -2.68. The molecule has 0 radical (unpaired) electrons. The predicted molar refractivity (Wildman–Crippen MR) is 116 cm³/mol. The number of fused-ring (bicyclic) bond motifs is 1. The molecule has 4 aliphatic carbocycles. The van der Waals surface area contributed by atoms with Crippen LogP contribution in [0, 0.1) is 23.7 Å². The van der Waals surface area contributed by atoms with Crippen molar-refractivity contribution >= 4 is 22.5 Å². The van der Waals surface area contributed by atoms with Gasteiger partial charge in [-0.1, -0.05) is 36.4 Å². The smallest absolute Gasteiger partial charge is 0.274 e. The zero-order valence-electron chi connectivity index (χ0n) is 16.6. The number of nitrogens with zero attached hydrogens (tertiary/aromatic N) is 1. The van der Waals surface area contributed by atoms with E-state index in [1.807, 2.05) is 42.5 Å². The van der Waals surface area contributed by atoms with Crippen LogP contribution in [0.4, 0.5) is 5.69 Å². The molecule has 0 aliphatic heterocycles. The van der Waals surface area contributed by atoms with Crippen LogP contribution in [0.15, 0.2) is 60.7 Å². The molecule has 2 aromatic carbocycles. The first-order valence-corrected chi connectivity index (χ1v) is 11.0. The van der Waals surface area contributed by atoms with Gasteiger partial charge in [0.15, 0.2) is 0 Å². The molecule has 7 rings (SSSR count). The third-order valence-corrected chi connectivity index (χ3v) is 7.60. The lowest BCUT2D eigenvalue weighted by atomic mass is 9.50. The van der Waals surface area contributed by atoms with E-state index in [-0.39, 0.29) is 5.91 Å². The fourth-order valence-corrected chi connectivity index (χ4v) is 6.74. The minimum Gasteiger partial charge on any atom is -0.321 e. The number of pyridine rings is 1. The zero-order chi connectivity index (χ0) is 19.4. The van der Waals surface area contributed by atoms with Crippen LogP contribution < -0.4 is 5.32 Å². The van der Waals surface area contributed by atoms with Gasteiger partial charge in [-0.3, -0.25) is 4.79 Å². The summed E-state index contributed by atoms with van der Waals surface area (Å²) in [6.07, 6.45) is 6.96. The second-order valence-corrected chi connectivity index (χ2v) is 9.39. The van der Waals surface area contributed by atoms with Crippen molar-refractivity contribution < 1.29 is 4.79 Å². The highest BCUT2D eigenvalue weighted by Gasteiger charge is 2.49. The molecule has 0 spiro atoms. The fourth-order valence-electron chi connectivity index (χ4n) is 6.74. The highest BCUT2D eigenvalue weighted by Crippen LogP contribution is 2.60. The van der Waals surface area contributed by atoms with Crippen molar-refractivity contribution in [3.63, 3.8) is 0 Å². The molecule has 146 valence electrons. The molecule has 0 atom stereocenters. The highest BCUT2D eigenvalue weighted by atomic mass is 16.1. The van der Waals surface area contributed by atoms with Gasteiger partial charge in [0, 0.05) is 11.1 Å². The van der Waals surface area contributed by atoms with Gasteiger partial charge in [-0.05, 0) is 91.5 Å². The third-order valence-electron chi connectivity index (χ3n) is 7.60. The number of aromatic nitrogens is 1. The summed E-state index contributed by atoms with van der Waals surface area (Å²) in [5.74, 6) is 3.92.